The minimum Gasteiger partial charge on any atom is -0.453 e. The molecular formula is C35H36F4N8O2. The molecule has 1 saturated heterocycles. The molecule has 1 atom stereocenters. The number of H-pyrrole nitrogens is 1. The van der Waals surface area contributed by atoms with Crippen LogP contribution in [-0.2, 0) is 32.7 Å². The second-order valence-electron chi connectivity index (χ2n) is 12.9. The normalized spacial score (nSPS) is 17.4. The van der Waals surface area contributed by atoms with Crippen LogP contribution in [0.25, 0.3) is 22.3 Å². The van der Waals surface area contributed by atoms with Gasteiger partial charge in [0, 0.05) is 69.8 Å². The maximum atomic E-state index is 15.1. The third-order valence-electron chi connectivity index (χ3n) is 9.28. The zero-order valence-corrected chi connectivity index (χ0v) is 27.3. The highest BCUT2D eigenvalue weighted by molar-refractivity contribution is 5.90. The number of urea groups is 1. The number of likely N-dealkylation sites (N-methyl/N-ethyl adjacent to an activating group) is 1. The third-order valence-corrected chi connectivity index (χ3v) is 9.28. The van der Waals surface area contributed by atoms with Crippen LogP contribution in [0, 0.1) is 5.82 Å². The number of nitrogens with zero attached hydrogens (tertiary/aromatic N) is 6. The number of fused-ring (bicyclic) bond motifs is 2. The Morgan fingerprint density at radius 1 is 1.04 bits per heavy atom. The van der Waals surface area contributed by atoms with Crippen molar-refractivity contribution >= 4 is 22.8 Å². The predicted molar refractivity (Wildman–Crippen MR) is 177 cm³/mol. The molecule has 2 N–H and O–H groups in total. The molecule has 0 radical (unpaired) electrons. The second kappa shape index (κ2) is 12.8. The van der Waals surface area contributed by atoms with E-state index in [-0.39, 0.29) is 36.1 Å². The topological polar surface area (TPSA) is 94.5 Å². The SMILES string of the molecule is C[C@@H]1Cc2ccc(Oc3c(F)cnc4[nH]c(-c5cnn(C)c5)cc34)cc2CN1C(=O)Nc1ccc(CN2CCN(C)CC2)c(C(F)(F)F)c1. The number of aryl methyl sites for hydroxylation is 1. The van der Waals surface area contributed by atoms with E-state index in [2.05, 4.69) is 25.3 Å². The van der Waals surface area contributed by atoms with Crippen molar-refractivity contribution in [2.75, 3.05) is 38.5 Å². The van der Waals surface area contributed by atoms with Crippen LogP contribution in [0.5, 0.6) is 11.5 Å². The van der Waals surface area contributed by atoms with E-state index in [0.717, 1.165) is 42.0 Å². The maximum Gasteiger partial charge on any atom is 0.416 e. The number of amides is 2. The lowest BCUT2D eigenvalue weighted by atomic mass is 9.95. The van der Waals surface area contributed by atoms with Crippen LogP contribution in [0.15, 0.2) is 61.1 Å². The fraction of sp³-hybridized carbons (Fsp3) is 0.343. The van der Waals surface area contributed by atoms with Crippen molar-refractivity contribution in [3.63, 3.8) is 0 Å². The van der Waals surface area contributed by atoms with E-state index in [1.165, 1.54) is 12.1 Å². The Morgan fingerprint density at radius 3 is 2.57 bits per heavy atom. The molecule has 49 heavy (non-hydrogen) atoms. The number of hydrogen-bond acceptors (Lipinski definition) is 6. The molecular weight excluding hydrogens is 640 g/mol. The Kier molecular flexibility index (Phi) is 8.53. The largest absolute Gasteiger partial charge is 0.453 e. The summed E-state index contributed by atoms with van der Waals surface area (Å²) < 4.78 is 65.3. The van der Waals surface area contributed by atoms with E-state index in [4.69, 9.17) is 4.74 Å². The fourth-order valence-electron chi connectivity index (χ4n) is 6.51. The molecule has 0 unspecified atom stereocenters. The number of anilines is 1. The zero-order valence-electron chi connectivity index (χ0n) is 27.3. The van der Waals surface area contributed by atoms with Gasteiger partial charge in [-0.15, -0.1) is 0 Å². The average molecular weight is 677 g/mol. The van der Waals surface area contributed by atoms with Crippen LogP contribution >= 0.6 is 0 Å². The first-order valence-electron chi connectivity index (χ1n) is 16.1. The lowest BCUT2D eigenvalue weighted by Gasteiger charge is -2.35. The van der Waals surface area contributed by atoms with Gasteiger partial charge >= 0.3 is 12.2 Å². The molecule has 7 rings (SSSR count). The van der Waals surface area contributed by atoms with Crippen molar-refractivity contribution in [2.24, 2.45) is 7.05 Å². The number of piperazine rings is 1. The summed E-state index contributed by atoms with van der Waals surface area (Å²) in [6.07, 6.45) is 0.566. The molecule has 5 heterocycles. The van der Waals surface area contributed by atoms with E-state index in [9.17, 15) is 18.0 Å². The first-order chi connectivity index (χ1) is 23.4. The van der Waals surface area contributed by atoms with Gasteiger partial charge in [-0.2, -0.15) is 18.3 Å². The zero-order chi connectivity index (χ0) is 34.4. The molecule has 14 heteroatoms. The summed E-state index contributed by atoms with van der Waals surface area (Å²) in [7, 11) is 3.80. The Morgan fingerprint density at radius 2 is 1.84 bits per heavy atom. The minimum atomic E-state index is -4.57. The lowest BCUT2D eigenvalue weighted by Crippen LogP contribution is -2.44. The summed E-state index contributed by atoms with van der Waals surface area (Å²) in [5, 5.41) is 7.34. The molecule has 0 bridgehead atoms. The lowest BCUT2D eigenvalue weighted by molar-refractivity contribution is -0.138. The number of halogens is 4. The van der Waals surface area contributed by atoms with Gasteiger partial charge < -0.3 is 24.8 Å². The Balaban J connectivity index is 1.08. The number of alkyl halides is 3. The standard InChI is InChI=1S/C35H36F4N8O2/c1-21-12-22-5-7-27(49-32-28-15-31(25-16-41-45(3)18-25)43-33(28)40-17-30(32)36)13-24(22)20-47(21)34(48)42-26-6-4-23(29(14-26)35(37,38)39)19-46-10-8-44(2)9-11-46/h4-7,13-18,21H,8-12,19-20H2,1-3H3,(H,40,43)(H,42,48)/t21-/m1/s1. The Hall–Kier alpha value is -4.95. The highest BCUT2D eigenvalue weighted by Gasteiger charge is 2.35. The Labute approximate surface area is 280 Å². The van der Waals surface area contributed by atoms with E-state index in [1.54, 1.807) is 41.0 Å². The first kappa shape index (κ1) is 32.6. The molecule has 2 aliphatic heterocycles. The monoisotopic (exact) mass is 676 g/mol. The molecule has 0 aliphatic carbocycles. The van der Waals surface area contributed by atoms with Gasteiger partial charge in [0.05, 0.1) is 29.0 Å². The van der Waals surface area contributed by atoms with Gasteiger partial charge in [0.25, 0.3) is 0 Å². The second-order valence-corrected chi connectivity index (χ2v) is 12.9. The van der Waals surface area contributed by atoms with Gasteiger partial charge in [-0.3, -0.25) is 9.58 Å². The third kappa shape index (κ3) is 6.83. The molecule has 2 amide bonds. The molecule has 3 aromatic heterocycles. The number of benzene rings is 2. The summed E-state index contributed by atoms with van der Waals surface area (Å²) in [6, 6.07) is 10.4. The molecule has 2 aliphatic rings. The van der Waals surface area contributed by atoms with Crippen molar-refractivity contribution < 1.29 is 27.1 Å². The van der Waals surface area contributed by atoms with Crippen LogP contribution < -0.4 is 10.1 Å². The minimum absolute atomic E-state index is 0.00616. The highest BCUT2D eigenvalue weighted by atomic mass is 19.4. The first-order valence-corrected chi connectivity index (χ1v) is 16.1. The average Bonchev–Trinajstić information content (AvgIpc) is 3.70. The molecule has 1 fully saturated rings. The number of aromatic nitrogens is 4. The van der Waals surface area contributed by atoms with Gasteiger partial charge in [-0.05, 0) is 67.4 Å². The fourth-order valence-corrected chi connectivity index (χ4v) is 6.51. The van der Waals surface area contributed by atoms with Gasteiger partial charge in [0.1, 0.15) is 11.4 Å². The number of carbonyl (C=O) groups excluding carboxylic acids is 1. The van der Waals surface area contributed by atoms with Crippen LogP contribution in [-0.4, -0.2) is 79.7 Å². The molecule has 0 spiro atoms. The van der Waals surface area contributed by atoms with Crippen LogP contribution in [0.2, 0.25) is 0 Å². The number of pyridine rings is 1. The summed E-state index contributed by atoms with van der Waals surface area (Å²) >= 11 is 0. The highest BCUT2D eigenvalue weighted by Crippen LogP contribution is 2.37. The summed E-state index contributed by atoms with van der Waals surface area (Å²) in [4.78, 5) is 26.6. The molecule has 256 valence electrons. The summed E-state index contributed by atoms with van der Waals surface area (Å²) in [5.74, 6) is -0.258. The smallest absolute Gasteiger partial charge is 0.416 e. The summed E-state index contributed by atoms with van der Waals surface area (Å²) in [6.45, 7) is 5.24. The number of rotatable bonds is 6. The molecule has 5 aromatic rings. The Bertz CT molecular complexity index is 2010. The van der Waals surface area contributed by atoms with Crippen molar-refractivity contribution in [3.05, 3.63) is 89.1 Å². The molecule has 2 aromatic carbocycles. The number of carbonyl (C=O) groups is 1. The summed E-state index contributed by atoms with van der Waals surface area (Å²) in [5.41, 5.74) is 3.25. The van der Waals surface area contributed by atoms with Crippen molar-refractivity contribution in [1.82, 2.24) is 34.4 Å². The van der Waals surface area contributed by atoms with Crippen molar-refractivity contribution in [1.29, 1.82) is 0 Å². The van der Waals surface area contributed by atoms with Crippen molar-refractivity contribution in [2.45, 2.75) is 38.7 Å². The quantitative estimate of drug-likeness (QED) is 0.196. The number of aromatic amines is 1. The number of hydrogen-bond donors (Lipinski definition) is 2. The van der Waals surface area contributed by atoms with Crippen LogP contribution in [0.4, 0.5) is 28.0 Å². The predicted octanol–water partition coefficient (Wildman–Crippen LogP) is 6.64. The van der Waals surface area contributed by atoms with Gasteiger partial charge in [-0.25, -0.2) is 14.2 Å². The molecule has 0 saturated carbocycles. The van der Waals surface area contributed by atoms with Crippen molar-refractivity contribution in [3.8, 4) is 22.8 Å². The number of nitrogens with one attached hydrogen (secondary N) is 2. The van der Waals surface area contributed by atoms with E-state index in [1.807, 2.05) is 31.1 Å². The van der Waals surface area contributed by atoms with E-state index in [0.29, 0.717) is 42.0 Å². The van der Waals surface area contributed by atoms with Crippen LogP contribution in [0.1, 0.15) is 29.2 Å². The number of ether oxygens (including phenoxy) is 1. The van der Waals surface area contributed by atoms with Gasteiger partial charge in [0.15, 0.2) is 11.6 Å². The van der Waals surface area contributed by atoms with Gasteiger partial charge in [0.2, 0.25) is 0 Å². The van der Waals surface area contributed by atoms with E-state index >= 15 is 4.39 Å². The van der Waals surface area contributed by atoms with Gasteiger partial charge in [-0.1, -0.05) is 12.1 Å². The maximum absolute atomic E-state index is 15.1. The van der Waals surface area contributed by atoms with E-state index < -0.39 is 23.6 Å². The molecule has 10 nitrogen and oxygen atoms in total. The van der Waals surface area contributed by atoms with Crippen LogP contribution in [0.3, 0.4) is 0 Å².